The molecule has 9 heteroatoms. The van der Waals surface area contributed by atoms with Crippen LogP contribution in [0, 0.1) is 0 Å². The van der Waals surface area contributed by atoms with Gasteiger partial charge >= 0.3 is 0 Å². The Bertz CT molecular complexity index is 1590. The predicted molar refractivity (Wildman–Crippen MR) is 142 cm³/mol. The van der Waals surface area contributed by atoms with Crippen molar-refractivity contribution in [1.29, 1.82) is 0 Å². The van der Waals surface area contributed by atoms with Crippen LogP contribution in [-0.4, -0.2) is 31.5 Å². The molecule has 0 saturated carbocycles. The molecule has 3 aromatic heterocycles. The van der Waals surface area contributed by atoms with Crippen molar-refractivity contribution in [3.63, 3.8) is 0 Å². The molecule has 1 aliphatic rings. The highest BCUT2D eigenvalue weighted by Crippen LogP contribution is 2.37. The van der Waals surface area contributed by atoms with Crippen LogP contribution < -0.4 is 16.0 Å². The lowest BCUT2D eigenvalue weighted by Gasteiger charge is -2.36. The minimum absolute atomic E-state index is 0.149. The SMILES string of the molecule is CC(NC(=O)c1c(N)nn2cccnc12)C1=Cc2cccc(-c3cncs3)c2CN1c1ccccc1. The van der Waals surface area contributed by atoms with Gasteiger partial charge in [-0.1, -0.05) is 36.4 Å². The number of carbonyl (C=O) groups is 1. The van der Waals surface area contributed by atoms with E-state index in [2.05, 4.69) is 61.7 Å². The number of amides is 1. The standard InChI is InChI=1S/C27H23N7OS/c1-17(31-27(35)24-25(28)32-34-12-6-11-30-26(24)34)22-13-18-7-5-10-20(23-14-29-16-36-23)21(18)15-33(22)19-8-3-2-4-9-19/h2-14,16-17H,15H2,1H3,(H2,28,32)(H,31,35). The Balaban J connectivity index is 1.40. The summed E-state index contributed by atoms with van der Waals surface area (Å²) >= 11 is 1.63. The Morgan fingerprint density at radius 1 is 1.14 bits per heavy atom. The number of hydrogen-bond donors (Lipinski definition) is 2. The minimum atomic E-state index is -0.313. The number of thiazole rings is 1. The number of carbonyl (C=O) groups excluding carboxylic acids is 1. The van der Waals surface area contributed by atoms with E-state index in [0.717, 1.165) is 21.8 Å². The van der Waals surface area contributed by atoms with Gasteiger partial charge in [-0.3, -0.25) is 9.78 Å². The van der Waals surface area contributed by atoms with E-state index in [-0.39, 0.29) is 23.3 Å². The minimum Gasteiger partial charge on any atom is -0.381 e. The maximum absolute atomic E-state index is 13.4. The predicted octanol–water partition coefficient (Wildman–Crippen LogP) is 4.61. The number of anilines is 2. The smallest absolute Gasteiger partial charge is 0.259 e. The molecule has 1 amide bonds. The summed E-state index contributed by atoms with van der Waals surface area (Å²) in [4.78, 5) is 25.3. The maximum Gasteiger partial charge on any atom is 0.259 e. The fraction of sp³-hybridized carbons (Fsp3) is 0.111. The molecular weight excluding hydrogens is 470 g/mol. The van der Waals surface area contributed by atoms with Gasteiger partial charge in [-0.25, -0.2) is 9.50 Å². The lowest BCUT2D eigenvalue weighted by Crippen LogP contribution is -2.41. The second-order valence-corrected chi connectivity index (χ2v) is 9.46. The van der Waals surface area contributed by atoms with Gasteiger partial charge in [-0.15, -0.1) is 16.4 Å². The normalized spacial score (nSPS) is 13.8. The molecule has 8 nitrogen and oxygen atoms in total. The van der Waals surface area contributed by atoms with Gasteiger partial charge in [-0.05, 0) is 47.9 Å². The molecule has 1 aliphatic heterocycles. The second kappa shape index (κ2) is 8.94. The molecule has 3 N–H and O–H groups in total. The molecule has 178 valence electrons. The molecule has 4 heterocycles. The first-order valence-corrected chi connectivity index (χ1v) is 12.4. The second-order valence-electron chi connectivity index (χ2n) is 8.57. The fourth-order valence-electron chi connectivity index (χ4n) is 4.65. The Hall–Kier alpha value is -4.50. The van der Waals surface area contributed by atoms with Crippen LogP contribution in [0.3, 0.4) is 0 Å². The van der Waals surface area contributed by atoms with Gasteiger partial charge in [-0.2, -0.15) is 0 Å². The molecule has 5 aromatic rings. The van der Waals surface area contributed by atoms with E-state index in [1.165, 1.54) is 15.6 Å². The zero-order chi connectivity index (χ0) is 24.6. The van der Waals surface area contributed by atoms with Crippen molar-refractivity contribution in [3.05, 3.63) is 101 Å². The van der Waals surface area contributed by atoms with Crippen molar-refractivity contribution in [2.24, 2.45) is 0 Å². The van der Waals surface area contributed by atoms with Crippen LogP contribution in [0.1, 0.15) is 28.4 Å². The van der Waals surface area contributed by atoms with Crippen LogP contribution in [0.2, 0.25) is 0 Å². The van der Waals surface area contributed by atoms with Crippen molar-refractivity contribution < 1.29 is 4.79 Å². The summed E-state index contributed by atoms with van der Waals surface area (Å²) in [6.45, 7) is 2.65. The summed E-state index contributed by atoms with van der Waals surface area (Å²) in [6, 6.07) is 17.9. The summed E-state index contributed by atoms with van der Waals surface area (Å²) in [5.41, 5.74) is 14.2. The third-order valence-electron chi connectivity index (χ3n) is 6.35. The van der Waals surface area contributed by atoms with Crippen molar-refractivity contribution >= 4 is 40.5 Å². The number of nitrogens with one attached hydrogen (secondary N) is 1. The van der Waals surface area contributed by atoms with Crippen LogP contribution in [0.25, 0.3) is 22.2 Å². The first kappa shape index (κ1) is 22.0. The molecule has 0 saturated heterocycles. The molecule has 0 fully saturated rings. The number of aromatic nitrogens is 4. The first-order chi connectivity index (χ1) is 17.6. The van der Waals surface area contributed by atoms with Crippen molar-refractivity contribution in [3.8, 4) is 10.4 Å². The lowest BCUT2D eigenvalue weighted by molar-refractivity contribution is 0.0947. The zero-order valence-electron chi connectivity index (χ0n) is 19.5. The highest BCUT2D eigenvalue weighted by atomic mass is 32.1. The molecule has 0 aliphatic carbocycles. The number of fused-ring (bicyclic) bond motifs is 2. The van der Waals surface area contributed by atoms with E-state index in [1.807, 2.05) is 36.8 Å². The quantitative estimate of drug-likeness (QED) is 0.371. The largest absolute Gasteiger partial charge is 0.381 e. The summed E-state index contributed by atoms with van der Waals surface area (Å²) < 4.78 is 1.52. The number of nitrogen functional groups attached to an aromatic ring is 1. The summed E-state index contributed by atoms with van der Waals surface area (Å²) in [5.74, 6) is -0.165. The molecule has 0 bridgehead atoms. The van der Waals surface area contributed by atoms with Gasteiger partial charge in [0.25, 0.3) is 5.91 Å². The van der Waals surface area contributed by atoms with Gasteiger partial charge < -0.3 is 16.0 Å². The molecule has 0 radical (unpaired) electrons. The molecule has 36 heavy (non-hydrogen) atoms. The Labute approximate surface area is 211 Å². The zero-order valence-corrected chi connectivity index (χ0v) is 20.3. The number of hydrogen-bond acceptors (Lipinski definition) is 7. The molecule has 1 atom stereocenters. The number of nitrogens with two attached hydrogens (primary N) is 1. The summed E-state index contributed by atoms with van der Waals surface area (Å²) in [6.07, 6.45) is 7.40. The number of para-hydroxylation sites is 1. The Kier molecular flexibility index (Phi) is 5.46. The summed E-state index contributed by atoms with van der Waals surface area (Å²) in [5, 5.41) is 7.35. The summed E-state index contributed by atoms with van der Waals surface area (Å²) in [7, 11) is 0. The number of benzene rings is 2. The van der Waals surface area contributed by atoms with Crippen LogP contribution >= 0.6 is 11.3 Å². The maximum atomic E-state index is 13.4. The topological polar surface area (TPSA) is 101 Å². The first-order valence-electron chi connectivity index (χ1n) is 11.5. The third kappa shape index (κ3) is 3.79. The van der Waals surface area contributed by atoms with E-state index in [4.69, 9.17) is 5.73 Å². The van der Waals surface area contributed by atoms with Crippen molar-refractivity contribution in [1.82, 2.24) is 24.9 Å². The third-order valence-corrected chi connectivity index (χ3v) is 7.16. The monoisotopic (exact) mass is 493 g/mol. The van der Waals surface area contributed by atoms with E-state index in [9.17, 15) is 4.79 Å². The fourth-order valence-corrected chi connectivity index (χ4v) is 5.33. The van der Waals surface area contributed by atoms with E-state index in [1.54, 1.807) is 29.8 Å². The van der Waals surface area contributed by atoms with Crippen LogP contribution in [0.15, 0.2) is 84.4 Å². The van der Waals surface area contributed by atoms with Gasteiger partial charge in [0, 0.05) is 36.5 Å². The van der Waals surface area contributed by atoms with Crippen molar-refractivity contribution in [2.75, 3.05) is 10.6 Å². The van der Waals surface area contributed by atoms with Gasteiger partial charge in [0.1, 0.15) is 5.56 Å². The highest BCUT2D eigenvalue weighted by molar-refractivity contribution is 7.13. The molecule has 2 aromatic carbocycles. The molecular formula is C27H23N7OS. The Morgan fingerprint density at radius 2 is 2.00 bits per heavy atom. The van der Waals surface area contributed by atoms with Gasteiger partial charge in [0.15, 0.2) is 11.5 Å². The highest BCUT2D eigenvalue weighted by Gasteiger charge is 2.28. The average molecular weight is 494 g/mol. The van der Waals surface area contributed by atoms with Crippen LogP contribution in [0.4, 0.5) is 11.5 Å². The Morgan fingerprint density at radius 3 is 2.81 bits per heavy atom. The van der Waals surface area contributed by atoms with E-state index in [0.29, 0.717) is 12.2 Å². The average Bonchev–Trinajstić information content (AvgIpc) is 3.55. The molecule has 6 rings (SSSR count). The number of nitrogens with zero attached hydrogens (tertiary/aromatic N) is 5. The van der Waals surface area contributed by atoms with E-state index >= 15 is 0 Å². The van der Waals surface area contributed by atoms with Gasteiger partial charge in [0.2, 0.25) is 0 Å². The van der Waals surface area contributed by atoms with E-state index < -0.39 is 0 Å². The van der Waals surface area contributed by atoms with Crippen molar-refractivity contribution in [2.45, 2.75) is 19.5 Å². The van der Waals surface area contributed by atoms with Crippen LogP contribution in [0.5, 0.6) is 0 Å². The van der Waals surface area contributed by atoms with Gasteiger partial charge in [0.05, 0.1) is 16.4 Å². The van der Waals surface area contributed by atoms with Crippen LogP contribution in [-0.2, 0) is 6.54 Å². The lowest BCUT2D eigenvalue weighted by atomic mass is 9.93. The molecule has 1 unspecified atom stereocenters. The molecule has 0 spiro atoms. The number of rotatable bonds is 5.